The first-order valence-corrected chi connectivity index (χ1v) is 23.7. The Bertz CT molecular complexity index is 1620. The number of hydrogen-bond donors (Lipinski definition) is 2. The van der Waals surface area contributed by atoms with Gasteiger partial charge in [0.1, 0.15) is 6.29 Å². The van der Waals surface area contributed by atoms with Crippen LogP contribution in [0.15, 0.2) is 24.3 Å². The van der Waals surface area contributed by atoms with Gasteiger partial charge in [0.25, 0.3) is 0 Å². The minimum atomic E-state index is -0.638. The van der Waals surface area contributed by atoms with Crippen LogP contribution in [0.25, 0.3) is 0 Å². The van der Waals surface area contributed by atoms with Crippen molar-refractivity contribution in [1.82, 2.24) is 0 Å². The van der Waals surface area contributed by atoms with Crippen molar-refractivity contribution in [3.05, 3.63) is 24.3 Å². The molecule has 6 aliphatic rings. The molecule has 3 N–H and O–H groups in total. The Morgan fingerprint density at radius 3 is 1.16 bits per heavy atom. The normalized spacial score (nSPS) is 29.8. The van der Waals surface area contributed by atoms with E-state index in [1.165, 1.54) is 0 Å². The van der Waals surface area contributed by atoms with Crippen LogP contribution in [0.4, 0.5) is 0 Å². The van der Waals surface area contributed by atoms with Crippen molar-refractivity contribution < 1.29 is 102 Å². The smallest absolute Gasteiger partial charge is 0.870 e. The fourth-order valence-corrected chi connectivity index (χ4v) is 9.65. The number of rotatable bonds is 13. The predicted molar refractivity (Wildman–Crippen MR) is 249 cm³/mol. The molecule has 6 fully saturated rings. The minimum Gasteiger partial charge on any atom is -0.870 e. The molecule has 380 valence electrons. The molecule has 0 radical (unpaired) electrons. The van der Waals surface area contributed by atoms with Crippen molar-refractivity contribution in [1.29, 1.82) is 0 Å². The van der Waals surface area contributed by atoms with Crippen LogP contribution in [0.3, 0.4) is 0 Å². The number of carbonyl (C=O) groups excluding carboxylic acids is 6. The van der Waals surface area contributed by atoms with E-state index in [1.807, 2.05) is 62.3 Å². The fourth-order valence-electron chi connectivity index (χ4n) is 9.65. The molecule has 0 atom stereocenters. The summed E-state index contributed by atoms with van der Waals surface area (Å²) in [6.45, 7) is 32.9. The Labute approximate surface area is 423 Å². The number of carboxylic acid groups (broad SMARTS) is 1. The number of aliphatic carboxylic acids is 1. The summed E-state index contributed by atoms with van der Waals surface area (Å²) in [5.74, 6) is 0.737. The second kappa shape index (κ2) is 29.8. The largest absolute Gasteiger partial charge is 1.00 e. The molecule has 6 saturated carbocycles. The molecule has 6 rings (SSSR count). The zero-order chi connectivity index (χ0) is 50.0. The first kappa shape index (κ1) is 66.0. The summed E-state index contributed by atoms with van der Waals surface area (Å²) in [4.78, 5) is 76.7. The summed E-state index contributed by atoms with van der Waals surface area (Å²) in [6, 6.07) is 0. The van der Waals surface area contributed by atoms with Gasteiger partial charge in [-0.2, -0.15) is 0 Å². The van der Waals surface area contributed by atoms with Crippen molar-refractivity contribution in [2.24, 2.45) is 56.7 Å². The van der Waals surface area contributed by atoms with E-state index in [4.69, 9.17) is 33.9 Å². The molecule has 0 heterocycles. The summed E-state index contributed by atoms with van der Waals surface area (Å²) in [7, 11) is 0. The second-order valence-electron chi connectivity index (χ2n) is 20.5. The molecular formula is C51H85NaO15. The van der Waals surface area contributed by atoms with E-state index in [-0.39, 0.29) is 110 Å². The van der Waals surface area contributed by atoms with E-state index < -0.39 is 5.97 Å². The van der Waals surface area contributed by atoms with Crippen LogP contribution in [-0.2, 0) is 57.2 Å². The van der Waals surface area contributed by atoms with Gasteiger partial charge < -0.3 is 44.2 Å². The third kappa shape index (κ3) is 20.0. The SMILES string of the molecule is C=C1CC(C(=O)OCC)C1.C=C1CC(C)(C(=O)OCC)C1.CC1CC(C)(C(=O)O)C1.CCOC(=O)C1(C)CC(C)C1.CCOC(=O)C1(C)CC(C=O)C1.CCOC(=O)C1(C)CC(CO)C1.[Na+].[OH-]. The molecule has 0 spiro atoms. The Hall–Kier alpha value is -3.11. The summed E-state index contributed by atoms with van der Waals surface area (Å²) < 4.78 is 24.5. The van der Waals surface area contributed by atoms with E-state index in [0.717, 1.165) is 81.6 Å². The van der Waals surface area contributed by atoms with E-state index in [0.29, 0.717) is 63.6 Å². The van der Waals surface area contributed by atoms with E-state index in [9.17, 15) is 33.6 Å². The standard InChI is InChI=1S/C9H16O3.C9H14O3.C9H16O2.C9H14O2.C8H12O2.C7H12O2.Na.H2O/c2*1-3-12-8(11)9(2)4-7(5-9)6-10;2*1-4-11-8(10)9(3)5-7(2)6-9;1-3-10-8(9)7-4-6(2)5-7;1-5-3-7(2,4-5)6(8)9;;/h7,10H,3-6H2,1-2H3;6-7H,3-5H2,1-2H3;7H,4-6H2,1-3H3;2,4-6H2,1,3H3;7H,2-5H2,1H3;5H,3-4H2,1-2H3,(H,8,9);;1H2/q;;;;;;+1;/p-1. The zero-order valence-electron chi connectivity index (χ0n) is 43.3. The van der Waals surface area contributed by atoms with Crippen LogP contribution < -0.4 is 29.6 Å². The van der Waals surface area contributed by atoms with Crippen LogP contribution >= 0.6 is 0 Å². The Morgan fingerprint density at radius 2 is 0.896 bits per heavy atom. The van der Waals surface area contributed by atoms with Gasteiger partial charge in [-0.15, -0.1) is 0 Å². The van der Waals surface area contributed by atoms with Gasteiger partial charge in [0.05, 0.1) is 66.0 Å². The topological polar surface area (TPSA) is 236 Å². The Balaban J connectivity index is 0. The van der Waals surface area contributed by atoms with Gasteiger partial charge >= 0.3 is 65.4 Å². The van der Waals surface area contributed by atoms with Crippen LogP contribution in [0, 0.1) is 56.7 Å². The molecule has 0 aromatic heterocycles. The van der Waals surface area contributed by atoms with Crippen molar-refractivity contribution in [2.75, 3.05) is 39.6 Å². The molecule has 16 heteroatoms. The summed E-state index contributed by atoms with van der Waals surface area (Å²) in [5, 5.41) is 17.4. The van der Waals surface area contributed by atoms with Gasteiger partial charge in [-0.05, 0) is 164 Å². The second-order valence-corrected chi connectivity index (χ2v) is 20.5. The third-order valence-electron chi connectivity index (χ3n) is 13.1. The average molecular weight is 961 g/mol. The summed E-state index contributed by atoms with van der Waals surface area (Å²) in [6.07, 6.45) is 10.7. The number of carbonyl (C=O) groups is 7. The van der Waals surface area contributed by atoms with Gasteiger partial charge in [-0.1, -0.05) is 38.2 Å². The predicted octanol–water partition coefficient (Wildman–Crippen LogP) is 5.86. The monoisotopic (exact) mass is 961 g/mol. The number of allylic oxidation sites excluding steroid dienone is 2. The van der Waals surface area contributed by atoms with Gasteiger partial charge in [-0.25, -0.2) is 0 Å². The number of carboxylic acids is 1. The summed E-state index contributed by atoms with van der Waals surface area (Å²) >= 11 is 0. The zero-order valence-corrected chi connectivity index (χ0v) is 45.3. The maximum Gasteiger partial charge on any atom is 1.00 e. The molecule has 0 aromatic carbocycles. The Morgan fingerprint density at radius 1 is 0.567 bits per heavy atom. The quantitative estimate of drug-likeness (QED) is 0.0723. The van der Waals surface area contributed by atoms with Gasteiger partial charge in [0.2, 0.25) is 0 Å². The molecule has 0 unspecified atom stereocenters. The van der Waals surface area contributed by atoms with Crippen LogP contribution in [0.5, 0.6) is 0 Å². The first-order chi connectivity index (χ1) is 30.2. The van der Waals surface area contributed by atoms with E-state index >= 15 is 0 Å². The fraction of sp³-hybridized carbons (Fsp3) is 0.784. The van der Waals surface area contributed by atoms with Crippen molar-refractivity contribution in [2.45, 2.75) is 160 Å². The maximum absolute atomic E-state index is 11.3. The van der Waals surface area contributed by atoms with Gasteiger partial charge in [-0.3, -0.25) is 28.8 Å². The van der Waals surface area contributed by atoms with Gasteiger partial charge in [0, 0.05) is 12.5 Å². The molecule has 0 amide bonds. The van der Waals surface area contributed by atoms with E-state index in [1.54, 1.807) is 6.92 Å². The molecular weight excluding hydrogens is 876 g/mol. The molecule has 67 heavy (non-hydrogen) atoms. The maximum atomic E-state index is 11.3. The van der Waals surface area contributed by atoms with E-state index in [2.05, 4.69) is 27.0 Å². The van der Waals surface area contributed by atoms with Crippen LogP contribution in [0.1, 0.15) is 160 Å². The molecule has 0 bridgehead atoms. The Kier molecular flexibility index (Phi) is 29.4. The molecule has 0 saturated heterocycles. The number of hydrogen-bond acceptors (Lipinski definition) is 14. The number of esters is 5. The summed E-state index contributed by atoms with van der Waals surface area (Å²) in [5.41, 5.74) is 0.811. The van der Waals surface area contributed by atoms with Crippen molar-refractivity contribution in [3.8, 4) is 0 Å². The molecule has 0 aromatic rings. The minimum absolute atomic E-state index is 0. The van der Waals surface area contributed by atoms with Crippen LogP contribution in [0.2, 0.25) is 0 Å². The van der Waals surface area contributed by atoms with Crippen molar-refractivity contribution >= 4 is 42.1 Å². The van der Waals surface area contributed by atoms with Crippen molar-refractivity contribution in [3.63, 3.8) is 0 Å². The third-order valence-corrected chi connectivity index (χ3v) is 13.1. The first-order valence-electron chi connectivity index (χ1n) is 23.7. The molecule has 0 aliphatic heterocycles. The number of ether oxygens (including phenoxy) is 5. The molecule has 6 aliphatic carbocycles. The van der Waals surface area contributed by atoms with Gasteiger partial charge in [0.15, 0.2) is 0 Å². The number of aliphatic hydroxyl groups is 1. The number of aldehydes is 1. The molecule has 15 nitrogen and oxygen atoms in total. The average Bonchev–Trinajstić information content (AvgIpc) is 3.17. The number of aliphatic hydroxyl groups excluding tert-OH is 1. The van der Waals surface area contributed by atoms with Crippen LogP contribution in [-0.4, -0.2) is 97.4 Å².